The number of fused-ring (bicyclic) bond motifs is 1. The van der Waals surface area contributed by atoms with Gasteiger partial charge in [0.1, 0.15) is 23.1 Å². The zero-order valence-corrected chi connectivity index (χ0v) is 23.2. The van der Waals surface area contributed by atoms with Crippen LogP contribution in [0.25, 0.3) is 5.65 Å². The van der Waals surface area contributed by atoms with Crippen LogP contribution in [0.4, 0.5) is 26.5 Å². The number of nitro benzene ring substituents is 1. The number of nitrogens with zero attached hydrogens (tertiary/aromatic N) is 5. The fourth-order valence-electron chi connectivity index (χ4n) is 4.49. The molecule has 3 aromatic rings. The van der Waals surface area contributed by atoms with Gasteiger partial charge in [-0.2, -0.15) is 9.61 Å². The molecule has 0 spiro atoms. The van der Waals surface area contributed by atoms with Crippen molar-refractivity contribution in [1.29, 1.82) is 0 Å². The van der Waals surface area contributed by atoms with Gasteiger partial charge in [-0.1, -0.05) is 6.92 Å². The highest BCUT2D eigenvalue weighted by Gasteiger charge is 2.30. The smallest absolute Gasteiger partial charge is 0.416 e. The second-order valence-corrected chi connectivity index (χ2v) is 11.5. The summed E-state index contributed by atoms with van der Waals surface area (Å²) >= 11 is 0. The molecule has 0 saturated carbocycles. The van der Waals surface area contributed by atoms with Gasteiger partial charge in [0.05, 0.1) is 17.7 Å². The first-order valence-electron chi connectivity index (χ1n) is 13.1. The average molecular weight is 542 g/mol. The number of piperidine rings is 1. The van der Waals surface area contributed by atoms with Gasteiger partial charge in [-0.15, -0.1) is 0 Å². The van der Waals surface area contributed by atoms with Crippen LogP contribution in [-0.4, -0.2) is 49.3 Å². The van der Waals surface area contributed by atoms with Crippen molar-refractivity contribution in [2.45, 2.75) is 84.5 Å². The van der Waals surface area contributed by atoms with E-state index in [1.165, 1.54) is 9.42 Å². The predicted molar refractivity (Wildman–Crippen MR) is 147 cm³/mol. The fraction of sp³-hybridized carbons (Fsp3) is 0.519. The molecule has 1 aliphatic heterocycles. The Hall–Kier alpha value is -3.80. The number of nitrogens with one attached hydrogen (secondary N) is 2. The summed E-state index contributed by atoms with van der Waals surface area (Å²) in [7, 11) is 0. The lowest BCUT2D eigenvalue weighted by atomic mass is 9.91. The lowest BCUT2D eigenvalue weighted by Gasteiger charge is -2.36. The van der Waals surface area contributed by atoms with Gasteiger partial charge in [0.25, 0.3) is 5.69 Å². The molecule has 0 aliphatic carbocycles. The quantitative estimate of drug-likeness (QED) is 0.308. The highest BCUT2D eigenvalue weighted by Crippen LogP contribution is 2.29. The number of non-ortho nitro benzene ring substituents is 1. The van der Waals surface area contributed by atoms with Crippen LogP contribution in [0, 0.1) is 15.9 Å². The van der Waals surface area contributed by atoms with E-state index in [2.05, 4.69) is 29.6 Å². The van der Waals surface area contributed by atoms with Gasteiger partial charge in [0.15, 0.2) is 5.65 Å². The van der Waals surface area contributed by atoms with Crippen molar-refractivity contribution in [3.8, 4) is 0 Å². The first-order chi connectivity index (χ1) is 18.3. The van der Waals surface area contributed by atoms with Crippen molar-refractivity contribution >= 4 is 29.1 Å². The number of nitro groups is 1. The van der Waals surface area contributed by atoms with Crippen LogP contribution >= 0.6 is 0 Å². The van der Waals surface area contributed by atoms with Crippen LogP contribution in [-0.2, 0) is 17.7 Å². The summed E-state index contributed by atoms with van der Waals surface area (Å²) in [4.78, 5) is 30.3. The second kappa shape index (κ2) is 10.8. The Morgan fingerprint density at radius 3 is 2.69 bits per heavy atom. The third kappa shape index (κ3) is 6.62. The van der Waals surface area contributed by atoms with Crippen molar-refractivity contribution < 1.29 is 18.8 Å². The number of ether oxygens (including phenoxy) is 1. The van der Waals surface area contributed by atoms with E-state index >= 15 is 0 Å². The maximum Gasteiger partial charge on any atom is 0.416 e. The summed E-state index contributed by atoms with van der Waals surface area (Å²) in [6.45, 7) is 11.9. The normalized spacial score (nSPS) is 17.2. The van der Waals surface area contributed by atoms with Gasteiger partial charge in [-0.3, -0.25) is 15.0 Å². The summed E-state index contributed by atoms with van der Waals surface area (Å²) in [5, 5.41) is 22.8. The zero-order valence-electron chi connectivity index (χ0n) is 23.2. The standard InChI is InChI=1S/C27H36FN7O4/c1-7-17-14-30-34-23(13-22(32-24(17)34)31-19-10-11-27(5,6)29-15-19)33(25(36)39-26(2,3)4)16-18-12-20(35(37)38)8-9-21(18)28/h8-9,12-14,19,29H,7,10-11,15-16H2,1-6H3,(H,31,32). The molecule has 210 valence electrons. The Labute approximate surface area is 226 Å². The van der Waals surface area contributed by atoms with Crippen LogP contribution in [0.2, 0.25) is 0 Å². The number of halogens is 1. The molecule has 39 heavy (non-hydrogen) atoms. The van der Waals surface area contributed by atoms with Crippen molar-refractivity contribution in [1.82, 2.24) is 19.9 Å². The minimum Gasteiger partial charge on any atom is -0.443 e. The number of hydrogen-bond donors (Lipinski definition) is 2. The highest BCUT2D eigenvalue weighted by atomic mass is 19.1. The number of carbonyl (C=O) groups excluding carboxylic acids is 1. The van der Waals surface area contributed by atoms with Crippen LogP contribution in [0.5, 0.6) is 0 Å². The van der Waals surface area contributed by atoms with Gasteiger partial charge in [0.2, 0.25) is 0 Å². The second-order valence-electron chi connectivity index (χ2n) is 11.5. The van der Waals surface area contributed by atoms with Crippen LogP contribution in [0.15, 0.2) is 30.5 Å². The molecule has 1 aliphatic rings. The molecule has 1 atom stereocenters. The summed E-state index contributed by atoms with van der Waals surface area (Å²) in [6, 6.07) is 5.02. The third-order valence-corrected chi connectivity index (χ3v) is 6.66. The molecular weight excluding hydrogens is 505 g/mol. The first kappa shape index (κ1) is 28.2. The molecule has 1 unspecified atom stereocenters. The maximum atomic E-state index is 14.9. The highest BCUT2D eigenvalue weighted by molar-refractivity contribution is 5.88. The van der Waals surface area contributed by atoms with Crippen LogP contribution in [0.3, 0.4) is 0 Å². The van der Waals surface area contributed by atoms with Crippen LogP contribution < -0.4 is 15.5 Å². The molecule has 2 aromatic heterocycles. The Balaban J connectivity index is 1.80. The number of hydrogen-bond acceptors (Lipinski definition) is 8. The number of benzene rings is 1. The van der Waals surface area contributed by atoms with E-state index in [0.717, 1.165) is 43.1 Å². The predicted octanol–water partition coefficient (Wildman–Crippen LogP) is 5.22. The molecule has 1 fully saturated rings. The number of carbonyl (C=O) groups is 1. The minimum atomic E-state index is -0.844. The zero-order chi connectivity index (χ0) is 28.5. The lowest BCUT2D eigenvalue weighted by Crippen LogP contribution is -2.50. The van der Waals surface area contributed by atoms with Crippen LogP contribution in [0.1, 0.15) is 65.5 Å². The number of rotatable bonds is 7. The topological polar surface area (TPSA) is 127 Å². The molecule has 0 radical (unpaired) electrons. The third-order valence-electron chi connectivity index (χ3n) is 6.66. The van der Waals surface area contributed by atoms with Crippen molar-refractivity contribution in [2.75, 3.05) is 16.8 Å². The molecule has 0 bridgehead atoms. The molecule has 11 nitrogen and oxygen atoms in total. The summed E-state index contributed by atoms with van der Waals surface area (Å²) in [5.41, 5.74) is 0.317. The Morgan fingerprint density at radius 1 is 1.33 bits per heavy atom. The van der Waals surface area contributed by atoms with Gasteiger partial charge < -0.3 is 15.4 Å². The Kier molecular flexibility index (Phi) is 7.78. The molecule has 1 aromatic carbocycles. The van der Waals surface area contributed by atoms with E-state index < -0.39 is 22.4 Å². The molecule has 1 saturated heterocycles. The average Bonchev–Trinajstić information content (AvgIpc) is 3.26. The van der Waals surface area contributed by atoms with E-state index in [9.17, 15) is 19.3 Å². The number of aromatic nitrogens is 3. The fourth-order valence-corrected chi connectivity index (χ4v) is 4.49. The van der Waals surface area contributed by atoms with E-state index in [-0.39, 0.29) is 29.4 Å². The number of aryl methyl sites for hydroxylation is 1. The van der Waals surface area contributed by atoms with Crippen molar-refractivity contribution in [3.05, 3.63) is 57.5 Å². The molecule has 4 rings (SSSR count). The lowest BCUT2D eigenvalue weighted by molar-refractivity contribution is -0.385. The summed E-state index contributed by atoms with van der Waals surface area (Å²) in [5.74, 6) is 0.155. The Morgan fingerprint density at radius 2 is 2.08 bits per heavy atom. The monoisotopic (exact) mass is 541 g/mol. The molecule has 3 heterocycles. The van der Waals surface area contributed by atoms with Crippen molar-refractivity contribution in [2.24, 2.45) is 0 Å². The van der Waals surface area contributed by atoms with E-state index in [1.54, 1.807) is 33.0 Å². The molecule has 2 N–H and O–H groups in total. The molecular formula is C27H36FN7O4. The molecule has 1 amide bonds. The van der Waals surface area contributed by atoms with E-state index in [1.807, 2.05) is 6.92 Å². The maximum absolute atomic E-state index is 14.9. The summed E-state index contributed by atoms with van der Waals surface area (Å²) < 4.78 is 22.1. The van der Waals surface area contributed by atoms with Gasteiger partial charge >= 0.3 is 6.09 Å². The van der Waals surface area contributed by atoms with Gasteiger partial charge in [-0.05, 0) is 59.9 Å². The van der Waals surface area contributed by atoms with E-state index in [4.69, 9.17) is 9.72 Å². The SMILES string of the molecule is CCc1cnn2c(N(Cc3cc([N+](=O)[O-])ccc3F)C(=O)OC(C)(C)C)cc(NC3CCC(C)(C)NC3)nc12. The first-order valence-corrected chi connectivity index (χ1v) is 13.1. The van der Waals surface area contributed by atoms with Crippen molar-refractivity contribution in [3.63, 3.8) is 0 Å². The molecule has 12 heteroatoms. The number of anilines is 2. The van der Waals surface area contributed by atoms with Gasteiger partial charge in [0, 0.05) is 47.5 Å². The number of amides is 1. The van der Waals surface area contributed by atoms with E-state index in [0.29, 0.717) is 23.7 Å². The van der Waals surface area contributed by atoms with Gasteiger partial charge in [-0.25, -0.2) is 14.2 Å². The largest absolute Gasteiger partial charge is 0.443 e. The Bertz CT molecular complexity index is 1370. The summed E-state index contributed by atoms with van der Waals surface area (Å²) in [6.07, 6.45) is 3.49. The minimum absolute atomic E-state index is 0.0314.